The van der Waals surface area contributed by atoms with E-state index >= 15 is 0 Å². The summed E-state index contributed by atoms with van der Waals surface area (Å²) in [6.45, 7) is 3.03. The zero-order valence-corrected chi connectivity index (χ0v) is 14.3. The van der Waals surface area contributed by atoms with Crippen molar-refractivity contribution in [2.75, 3.05) is 26.7 Å². The quantitative estimate of drug-likeness (QED) is 0.804. The van der Waals surface area contributed by atoms with E-state index in [9.17, 15) is 4.79 Å². The number of carbonyl (C=O) groups excluding carboxylic acids is 1. The molecule has 0 aliphatic carbocycles. The van der Waals surface area contributed by atoms with Gasteiger partial charge in [-0.25, -0.2) is 4.68 Å². The fourth-order valence-electron chi connectivity index (χ4n) is 3.59. The van der Waals surface area contributed by atoms with Gasteiger partial charge in [-0.15, -0.1) is 5.10 Å². The minimum atomic E-state index is 0.0643. The van der Waals surface area contributed by atoms with Crippen LogP contribution in [-0.4, -0.2) is 68.5 Å². The highest BCUT2D eigenvalue weighted by Gasteiger charge is 2.37. The number of nitrogens with zero attached hydrogens (tertiary/aromatic N) is 6. The Morgan fingerprint density at radius 3 is 3.08 bits per heavy atom. The first kappa shape index (κ1) is 16.2. The lowest BCUT2D eigenvalue weighted by Gasteiger charge is -2.41. The number of hydrogen-bond acceptors (Lipinski definition) is 6. The van der Waals surface area contributed by atoms with Gasteiger partial charge in [0.1, 0.15) is 0 Å². The fourth-order valence-corrected chi connectivity index (χ4v) is 3.59. The van der Waals surface area contributed by atoms with Crippen molar-refractivity contribution in [3.8, 4) is 0 Å². The van der Waals surface area contributed by atoms with E-state index in [1.54, 1.807) is 18.6 Å². The second kappa shape index (κ2) is 6.89. The number of aromatic nitrogens is 4. The number of amides is 1. The highest BCUT2D eigenvalue weighted by atomic mass is 16.5. The van der Waals surface area contributed by atoms with E-state index in [1.807, 2.05) is 33.7 Å². The third-order valence-corrected chi connectivity index (χ3v) is 4.89. The van der Waals surface area contributed by atoms with E-state index in [1.165, 1.54) is 0 Å². The van der Waals surface area contributed by atoms with Crippen LogP contribution in [0, 0.1) is 0 Å². The molecular formula is C17H22N6O2. The van der Waals surface area contributed by atoms with Gasteiger partial charge in [-0.1, -0.05) is 5.21 Å². The summed E-state index contributed by atoms with van der Waals surface area (Å²) < 4.78 is 7.82. The number of fused-ring (bicyclic) bond motifs is 3. The lowest BCUT2D eigenvalue weighted by molar-refractivity contribution is -0.139. The normalized spacial score (nSPS) is 22.6. The van der Waals surface area contributed by atoms with Gasteiger partial charge in [0.2, 0.25) is 5.91 Å². The molecule has 0 N–H and O–H groups in total. The van der Waals surface area contributed by atoms with E-state index < -0.39 is 0 Å². The molecule has 2 aliphatic rings. The summed E-state index contributed by atoms with van der Waals surface area (Å²) in [6, 6.07) is 4.00. The predicted molar refractivity (Wildman–Crippen MR) is 89.4 cm³/mol. The van der Waals surface area contributed by atoms with Gasteiger partial charge < -0.3 is 9.64 Å². The van der Waals surface area contributed by atoms with Gasteiger partial charge in [-0.3, -0.25) is 14.7 Å². The van der Waals surface area contributed by atoms with Crippen molar-refractivity contribution >= 4 is 5.91 Å². The van der Waals surface area contributed by atoms with Crippen LogP contribution < -0.4 is 0 Å². The molecule has 2 aromatic heterocycles. The van der Waals surface area contributed by atoms with Crippen LogP contribution in [0.1, 0.15) is 23.7 Å². The number of ether oxygens (including phenoxy) is 1. The second-order valence-corrected chi connectivity index (χ2v) is 6.74. The minimum Gasteiger partial charge on any atom is -0.370 e. The molecule has 1 fully saturated rings. The van der Waals surface area contributed by atoms with Gasteiger partial charge in [-0.05, 0) is 31.2 Å². The Kier molecular flexibility index (Phi) is 4.46. The molecule has 1 amide bonds. The molecular weight excluding hydrogens is 320 g/mol. The first-order chi connectivity index (χ1) is 12.2. The van der Waals surface area contributed by atoms with Gasteiger partial charge in [0.25, 0.3) is 0 Å². The topological polar surface area (TPSA) is 76.4 Å². The monoisotopic (exact) mass is 342 g/mol. The summed E-state index contributed by atoms with van der Waals surface area (Å²) >= 11 is 0. The van der Waals surface area contributed by atoms with E-state index in [2.05, 4.69) is 15.3 Å². The molecule has 4 rings (SSSR count). The number of piperidine rings is 1. The standard InChI is InChI=1S/C17H22N6O2/c1-21(9-13-2-5-18-6-3-13)11-17(24)22-7-4-16-15(10-22)23-14(12-25-16)8-19-20-23/h2-3,5-6,8,15-16H,4,7,9-12H2,1H3/t15-,16-/m1/s1. The maximum absolute atomic E-state index is 12.7. The number of rotatable bonds is 4. The van der Waals surface area contributed by atoms with Crippen LogP contribution in [0.25, 0.3) is 0 Å². The lowest BCUT2D eigenvalue weighted by atomic mass is 10.0. The summed E-state index contributed by atoms with van der Waals surface area (Å²) in [5.41, 5.74) is 2.13. The van der Waals surface area contributed by atoms with E-state index in [0.29, 0.717) is 19.7 Å². The predicted octanol–water partition coefficient (Wildman–Crippen LogP) is 0.477. The molecule has 1 saturated heterocycles. The number of likely N-dealkylation sites (N-methyl/N-ethyl adjacent to an activating group) is 1. The van der Waals surface area contributed by atoms with E-state index in [4.69, 9.17) is 4.74 Å². The van der Waals surface area contributed by atoms with Crippen LogP contribution in [0.4, 0.5) is 0 Å². The number of carbonyl (C=O) groups is 1. The van der Waals surface area contributed by atoms with Crippen LogP contribution in [0.3, 0.4) is 0 Å². The van der Waals surface area contributed by atoms with Gasteiger partial charge in [0, 0.05) is 32.0 Å². The smallest absolute Gasteiger partial charge is 0.236 e. The van der Waals surface area contributed by atoms with Gasteiger partial charge in [-0.2, -0.15) is 0 Å². The van der Waals surface area contributed by atoms with Gasteiger partial charge in [0.05, 0.1) is 37.2 Å². The Labute approximate surface area is 146 Å². The van der Waals surface area contributed by atoms with Gasteiger partial charge in [0.15, 0.2) is 0 Å². The van der Waals surface area contributed by atoms with Crippen molar-refractivity contribution in [3.05, 3.63) is 42.0 Å². The average molecular weight is 342 g/mol. The molecule has 4 heterocycles. The zero-order chi connectivity index (χ0) is 17.2. The molecule has 0 radical (unpaired) electrons. The Hall–Kier alpha value is -2.32. The summed E-state index contributed by atoms with van der Waals surface area (Å²) in [5, 5.41) is 8.16. The molecule has 0 spiro atoms. The Balaban J connectivity index is 1.37. The lowest BCUT2D eigenvalue weighted by Crippen LogP contribution is -2.51. The minimum absolute atomic E-state index is 0.0643. The summed E-state index contributed by atoms with van der Waals surface area (Å²) in [6.07, 6.45) is 6.24. The molecule has 8 heteroatoms. The Morgan fingerprint density at radius 1 is 1.40 bits per heavy atom. The van der Waals surface area contributed by atoms with Crippen molar-refractivity contribution < 1.29 is 9.53 Å². The van der Waals surface area contributed by atoms with Crippen molar-refractivity contribution in [3.63, 3.8) is 0 Å². The average Bonchev–Trinajstić information content (AvgIpc) is 3.11. The zero-order valence-electron chi connectivity index (χ0n) is 14.3. The SMILES string of the molecule is CN(CC(=O)N1CC[C@H]2OCc3cnnn3[C@@H]2C1)Cc1ccncc1. The molecule has 2 aliphatic heterocycles. The second-order valence-electron chi connectivity index (χ2n) is 6.74. The molecule has 25 heavy (non-hydrogen) atoms. The molecule has 132 valence electrons. The molecule has 2 aromatic rings. The molecule has 0 unspecified atom stereocenters. The fraction of sp³-hybridized carbons (Fsp3) is 0.529. The summed E-state index contributed by atoms with van der Waals surface area (Å²) in [4.78, 5) is 20.7. The third-order valence-electron chi connectivity index (χ3n) is 4.89. The van der Waals surface area contributed by atoms with Crippen molar-refractivity contribution in [2.24, 2.45) is 0 Å². The molecule has 0 saturated carbocycles. The van der Waals surface area contributed by atoms with Crippen LogP contribution >= 0.6 is 0 Å². The highest BCUT2D eigenvalue weighted by molar-refractivity contribution is 5.78. The highest BCUT2D eigenvalue weighted by Crippen LogP contribution is 2.30. The van der Waals surface area contributed by atoms with Crippen molar-refractivity contribution in [1.82, 2.24) is 29.8 Å². The number of likely N-dealkylation sites (tertiary alicyclic amines) is 1. The molecule has 2 atom stereocenters. The first-order valence-electron chi connectivity index (χ1n) is 8.56. The summed E-state index contributed by atoms with van der Waals surface area (Å²) in [7, 11) is 1.96. The number of pyridine rings is 1. The summed E-state index contributed by atoms with van der Waals surface area (Å²) in [5.74, 6) is 0.141. The Morgan fingerprint density at radius 2 is 2.24 bits per heavy atom. The maximum Gasteiger partial charge on any atom is 0.236 e. The molecule has 0 bridgehead atoms. The van der Waals surface area contributed by atoms with E-state index in [-0.39, 0.29) is 18.1 Å². The molecule has 8 nitrogen and oxygen atoms in total. The van der Waals surface area contributed by atoms with Gasteiger partial charge >= 0.3 is 0 Å². The molecule has 0 aromatic carbocycles. The largest absolute Gasteiger partial charge is 0.370 e. The Bertz CT molecular complexity index is 734. The van der Waals surface area contributed by atoms with Crippen molar-refractivity contribution in [2.45, 2.75) is 31.7 Å². The van der Waals surface area contributed by atoms with Crippen LogP contribution in [-0.2, 0) is 22.7 Å². The first-order valence-corrected chi connectivity index (χ1v) is 8.56. The van der Waals surface area contributed by atoms with E-state index in [0.717, 1.165) is 30.8 Å². The van der Waals surface area contributed by atoms with Crippen LogP contribution in [0.2, 0.25) is 0 Å². The van der Waals surface area contributed by atoms with Crippen LogP contribution in [0.15, 0.2) is 30.7 Å². The number of hydrogen-bond donors (Lipinski definition) is 0. The maximum atomic E-state index is 12.7. The van der Waals surface area contributed by atoms with Crippen molar-refractivity contribution in [1.29, 1.82) is 0 Å². The third kappa shape index (κ3) is 3.40. The van der Waals surface area contributed by atoms with Crippen LogP contribution in [0.5, 0.6) is 0 Å².